The maximum Gasteiger partial charge on any atom is 0.227 e. The lowest BCUT2D eigenvalue weighted by Gasteiger charge is -2.39. The lowest BCUT2D eigenvalue weighted by molar-refractivity contribution is 0.468. The van der Waals surface area contributed by atoms with E-state index in [0.717, 1.165) is 196 Å². The van der Waals surface area contributed by atoms with Crippen LogP contribution in [-0.2, 0) is 0 Å². The Morgan fingerprint density at radius 1 is 0.285 bits per heavy atom. The van der Waals surface area contributed by atoms with E-state index in [1.54, 1.807) is 57.0 Å². The number of hydrogen-bond acceptors (Lipinski definition) is 25. The third-order valence-electron chi connectivity index (χ3n) is 26.9. The molecule has 0 radical (unpaired) electrons. The number of aryl methyl sites for hydroxylation is 10. The molecule has 5 aromatic carbocycles. The number of aromatic nitrogens is 10. The Hall–Kier alpha value is -15.4. The van der Waals surface area contributed by atoms with Crippen molar-refractivity contribution in [3.05, 3.63) is 269 Å². The molecule has 0 N–H and O–H groups in total. The average molecular weight is 1830 g/mol. The Balaban J connectivity index is 0.000000108. The predicted octanol–water partition coefficient (Wildman–Crippen LogP) is 27.4. The summed E-state index contributed by atoms with van der Waals surface area (Å²) in [5.74, 6) is 3.44. The largest absolute Gasteiger partial charge is 0.435 e. The van der Waals surface area contributed by atoms with E-state index < -0.39 is 50.7 Å². The zero-order valence-electron chi connectivity index (χ0n) is 91.6. The van der Waals surface area contributed by atoms with Crippen molar-refractivity contribution < 1.29 is 37.2 Å². The molecule has 5 atom stereocenters. The van der Waals surface area contributed by atoms with E-state index >= 15 is 0 Å². The van der Waals surface area contributed by atoms with Gasteiger partial charge in [0.1, 0.15) is 30.8 Å². The van der Waals surface area contributed by atoms with Crippen molar-refractivity contribution in [1.29, 1.82) is 0 Å². The smallest absolute Gasteiger partial charge is 0.227 e. The highest BCUT2D eigenvalue weighted by Crippen LogP contribution is 2.55. The van der Waals surface area contributed by atoms with Gasteiger partial charge in [0, 0.05) is 157 Å². The number of anilines is 15. The zero-order valence-corrected chi connectivity index (χ0v) is 80.6. The molecule has 692 valence electrons. The van der Waals surface area contributed by atoms with E-state index in [1.165, 1.54) is 9.80 Å². The molecule has 0 aliphatic carbocycles. The Morgan fingerprint density at radius 3 is 0.912 bits per heavy atom. The second-order valence-corrected chi connectivity index (χ2v) is 37.1. The SMILES string of the molecule is [2H]C(C)(C)N1c2cccnc2N(c2c(C)ccc3c2oc2nc(C)ccc23)C1C.[2H]C(C)(C)N1c2ncccc2N(c2c(C)ccc3c2oc2nc(C)ccc23)C1C.[2H]C([2H])([2H])C(C)(C)N1c2cccnc2N(c2c(C)ccc3c2oc2nc(C)ccc23)C1C.[2H]C([2H])([2H])N1c2cccnc2N(c2c(C)ccc3c2oc2nc(C)ccc23)C1C.[2H]C([2H])([2H])N1c2ncccc2N(c2c(C)ccc3c2oc2nc(C)ccc23)C1C. The predicted molar refractivity (Wildman–Crippen MR) is 558 cm³/mol. The van der Waals surface area contributed by atoms with Crippen LogP contribution in [0.4, 0.5) is 86.0 Å². The summed E-state index contributed by atoms with van der Waals surface area (Å²) in [6.07, 6.45) is 7.26. The minimum atomic E-state index is -2.31. The number of benzene rings is 5. The van der Waals surface area contributed by atoms with Crippen LogP contribution in [0.15, 0.2) is 235 Å². The van der Waals surface area contributed by atoms with Gasteiger partial charge >= 0.3 is 0 Å². The number of pyridine rings is 10. The maximum absolute atomic E-state index is 8.71. The molecule has 25 nitrogen and oxygen atoms in total. The van der Waals surface area contributed by atoms with Crippen molar-refractivity contribution in [3.63, 3.8) is 0 Å². The van der Waals surface area contributed by atoms with Crippen LogP contribution >= 0.6 is 0 Å². The van der Waals surface area contributed by atoms with Gasteiger partial charge in [0.05, 0.1) is 59.6 Å². The van der Waals surface area contributed by atoms with Crippen molar-refractivity contribution >= 4 is 196 Å². The van der Waals surface area contributed by atoms with E-state index in [1.807, 2.05) is 239 Å². The van der Waals surface area contributed by atoms with Gasteiger partial charge in [-0.3, -0.25) is 0 Å². The first-order valence-electron chi connectivity index (χ1n) is 51.8. The van der Waals surface area contributed by atoms with Crippen LogP contribution in [-0.4, -0.2) is 112 Å². The van der Waals surface area contributed by atoms with Crippen LogP contribution in [0.1, 0.15) is 154 Å². The van der Waals surface area contributed by atoms with Gasteiger partial charge < -0.3 is 71.1 Å². The third kappa shape index (κ3) is 14.4. The monoisotopic (exact) mass is 1830 g/mol. The first-order valence-corrected chi connectivity index (χ1v) is 46.3. The molecule has 5 aliphatic rings. The Kier molecular flexibility index (Phi) is 18.6. The molecule has 25 rings (SSSR count). The average Bonchev–Trinajstić information content (AvgIpc) is 1.62. The Bertz CT molecular complexity index is 7930. The van der Waals surface area contributed by atoms with Gasteiger partial charge in [-0.25, -0.2) is 49.8 Å². The second-order valence-electron chi connectivity index (χ2n) is 37.1. The molecular weight excluding hydrogens is 1710 g/mol. The Morgan fingerprint density at radius 2 is 0.555 bits per heavy atom. The van der Waals surface area contributed by atoms with E-state index in [0.29, 0.717) is 57.1 Å². The summed E-state index contributed by atoms with van der Waals surface area (Å²) in [6, 6.07) is 58.2. The fourth-order valence-corrected chi connectivity index (χ4v) is 20.7. The fraction of sp³-hybridized carbons (Fsp3) is 0.286. The number of hydrogen-bond donors (Lipinski definition) is 0. The number of fused-ring (bicyclic) bond motifs is 20. The standard InChI is InChI=1S/C24H26N4O.2C23H24N4O.2C21H20N4O/c1-14-9-11-17-18-12-10-15(2)26-23(18)29-21(17)20(14)27-16(3)28(24(4,5)6)19-8-7-13-25-22(19)27;1-13(2)26-16(5)27(19-7-6-12-24-22(19)26)20-14(3)8-10-17-18-11-9-15(4)25-23(18)28-21(17)20;1-13(2)26-16(5)27(22-19(26)7-6-12-24-22)20-14(3)8-10-17-18-11-9-15(4)25-23(18)28-21(17)20;1-12-7-9-15-16-10-8-13(2)23-21(16)26-19(15)18(12)25-14(3)24(4)20-17(25)6-5-11-22-20;1-12-7-9-15-16-10-8-13(2)23-21(16)26-19(15)18(12)25-14(3)24(4)17-6-5-11-22-20(17)25/h7-13,16H,1-6H3;2*6-13,16H,1-5H3;2*5-11,14H,1-4H3/i4D3;2*13D;2*4D3. The highest BCUT2D eigenvalue weighted by Gasteiger charge is 2.45. The van der Waals surface area contributed by atoms with Crippen molar-refractivity contribution in [2.45, 2.75) is 201 Å². The molecule has 0 saturated heterocycles. The quantitative estimate of drug-likeness (QED) is 0.144. The second kappa shape index (κ2) is 33.6. The van der Waals surface area contributed by atoms with Crippen molar-refractivity contribution in [3.8, 4) is 0 Å². The summed E-state index contributed by atoms with van der Waals surface area (Å²) < 4.78 is 122. The molecule has 137 heavy (non-hydrogen) atoms. The minimum absolute atomic E-state index is 0.0837. The van der Waals surface area contributed by atoms with Crippen LogP contribution < -0.4 is 49.0 Å². The molecule has 25 heteroatoms. The van der Waals surface area contributed by atoms with Gasteiger partial charge in [0.2, 0.25) is 28.6 Å². The zero-order chi connectivity index (χ0) is 105. The van der Waals surface area contributed by atoms with Crippen molar-refractivity contribution in [1.82, 2.24) is 49.8 Å². The van der Waals surface area contributed by atoms with E-state index in [4.69, 9.17) is 42.1 Å². The Labute approximate surface area is 812 Å². The van der Waals surface area contributed by atoms with Crippen molar-refractivity contribution in [2.75, 3.05) is 63.0 Å². The van der Waals surface area contributed by atoms with Gasteiger partial charge in [-0.2, -0.15) is 0 Å². The molecule has 5 aliphatic heterocycles. The summed E-state index contributed by atoms with van der Waals surface area (Å²) in [5, 5.41) is 9.84. The molecule has 0 spiro atoms. The van der Waals surface area contributed by atoms with Crippen LogP contribution in [0.5, 0.6) is 0 Å². The fourth-order valence-electron chi connectivity index (χ4n) is 20.7. The molecule has 15 aromatic heterocycles. The molecule has 20 aromatic rings. The van der Waals surface area contributed by atoms with Crippen molar-refractivity contribution in [2.24, 2.45) is 0 Å². The normalized spacial score (nSPS) is 18.3. The number of furan rings is 5. The van der Waals surface area contributed by atoms with Gasteiger partial charge in [0.25, 0.3) is 0 Å². The summed E-state index contributed by atoms with van der Waals surface area (Å²) in [7, 11) is 0. The lowest BCUT2D eigenvalue weighted by Crippen LogP contribution is -2.49. The van der Waals surface area contributed by atoms with E-state index in [2.05, 4.69) is 147 Å². The lowest BCUT2D eigenvalue weighted by atomic mass is 10.0. The van der Waals surface area contributed by atoms with E-state index in [-0.39, 0.29) is 18.5 Å². The first-order chi connectivity index (χ1) is 70.1. The molecule has 0 saturated carbocycles. The third-order valence-corrected chi connectivity index (χ3v) is 26.9. The highest BCUT2D eigenvalue weighted by atomic mass is 16.4. The van der Waals surface area contributed by atoms with Crippen LogP contribution in [0.25, 0.3) is 110 Å². The molecule has 20 heterocycles. The van der Waals surface area contributed by atoms with E-state index in [9.17, 15) is 0 Å². The van der Waals surface area contributed by atoms with Crippen LogP contribution in [0, 0.1) is 69.2 Å². The highest BCUT2D eigenvalue weighted by molar-refractivity contribution is 6.15. The number of rotatable bonds is 7. The van der Waals surface area contributed by atoms with Crippen LogP contribution in [0.2, 0.25) is 0 Å². The topological polar surface area (TPSA) is 227 Å². The minimum Gasteiger partial charge on any atom is -0.435 e. The molecule has 0 amide bonds. The first kappa shape index (κ1) is 75.9. The molecule has 0 bridgehead atoms. The number of nitrogens with zero attached hydrogens (tertiary/aromatic N) is 20. The molecular formula is C112H114N20O5. The maximum atomic E-state index is 8.71. The summed E-state index contributed by atoms with van der Waals surface area (Å²) in [5.41, 5.74) is 24.0. The van der Waals surface area contributed by atoms with Gasteiger partial charge in [-0.05, 0) is 301 Å². The summed E-state index contributed by atoms with van der Waals surface area (Å²) in [4.78, 5) is 65.1. The molecule has 0 fully saturated rings. The van der Waals surface area contributed by atoms with Gasteiger partial charge in [0.15, 0.2) is 57.0 Å². The summed E-state index contributed by atoms with van der Waals surface area (Å²) >= 11 is 0. The summed E-state index contributed by atoms with van der Waals surface area (Å²) in [6.45, 7) is 34.3. The molecule has 5 unspecified atom stereocenters. The van der Waals surface area contributed by atoms with Crippen LogP contribution in [0.3, 0.4) is 0 Å². The van der Waals surface area contributed by atoms with Gasteiger partial charge in [-0.15, -0.1) is 0 Å². The van der Waals surface area contributed by atoms with Gasteiger partial charge in [-0.1, -0.05) is 60.7 Å².